The fourth-order valence-corrected chi connectivity index (χ4v) is 3.19. The van der Waals surface area contributed by atoms with Gasteiger partial charge >= 0.3 is 0 Å². The number of nitrogens with zero attached hydrogens (tertiary/aromatic N) is 1. The van der Waals surface area contributed by atoms with Crippen molar-refractivity contribution in [1.82, 2.24) is 10.2 Å². The Balaban J connectivity index is 1.62. The molecular weight excluding hydrogens is 344 g/mol. The van der Waals surface area contributed by atoms with Crippen molar-refractivity contribution in [2.45, 2.75) is 38.3 Å². The van der Waals surface area contributed by atoms with Gasteiger partial charge in [-0.3, -0.25) is 14.4 Å². The lowest BCUT2D eigenvalue weighted by molar-refractivity contribution is -0.143. The molecule has 1 aliphatic carbocycles. The number of ketones is 1. The predicted octanol–water partition coefficient (Wildman–Crippen LogP) is 1.29. The first-order valence-corrected chi connectivity index (χ1v) is 8.79. The van der Waals surface area contributed by atoms with Gasteiger partial charge in [0.05, 0.1) is 6.61 Å². The van der Waals surface area contributed by atoms with Crippen molar-refractivity contribution in [3.05, 3.63) is 34.9 Å². The van der Waals surface area contributed by atoms with Crippen molar-refractivity contribution in [3.8, 4) is 0 Å². The summed E-state index contributed by atoms with van der Waals surface area (Å²) in [4.78, 5) is 38.3. The first kappa shape index (κ1) is 17.9. The number of hydrogen-bond donors (Lipinski definition) is 2. The Labute approximate surface area is 151 Å². The van der Waals surface area contributed by atoms with Crippen LogP contribution in [0.25, 0.3) is 0 Å². The van der Waals surface area contributed by atoms with Gasteiger partial charge in [-0.1, -0.05) is 23.7 Å². The van der Waals surface area contributed by atoms with Crippen LogP contribution in [0.4, 0.5) is 0 Å². The molecular formula is C18H21ClN2O4. The molecule has 6 nitrogen and oxygen atoms in total. The number of halogens is 1. The predicted molar refractivity (Wildman–Crippen MR) is 91.8 cm³/mol. The van der Waals surface area contributed by atoms with Crippen molar-refractivity contribution in [3.63, 3.8) is 0 Å². The van der Waals surface area contributed by atoms with Gasteiger partial charge in [-0.15, -0.1) is 0 Å². The SMILES string of the molecule is O=C(NCC1(CO)CC1)C(=O)C1CCC(=O)N1Cc1ccc(Cl)cc1. The average molecular weight is 365 g/mol. The molecule has 1 atom stereocenters. The highest BCUT2D eigenvalue weighted by Crippen LogP contribution is 2.44. The summed E-state index contributed by atoms with van der Waals surface area (Å²) in [5.74, 6) is -1.40. The molecule has 2 amide bonds. The van der Waals surface area contributed by atoms with Gasteiger partial charge in [0.2, 0.25) is 11.7 Å². The number of aliphatic hydroxyl groups is 1. The number of hydrogen-bond acceptors (Lipinski definition) is 4. The number of benzene rings is 1. The number of aliphatic hydroxyl groups excluding tert-OH is 1. The van der Waals surface area contributed by atoms with Gasteiger partial charge in [-0.2, -0.15) is 0 Å². The van der Waals surface area contributed by atoms with Crippen LogP contribution in [0.3, 0.4) is 0 Å². The van der Waals surface area contributed by atoms with Crippen molar-refractivity contribution in [2.24, 2.45) is 5.41 Å². The van der Waals surface area contributed by atoms with E-state index in [-0.39, 0.29) is 30.9 Å². The average Bonchev–Trinajstić information content (AvgIpc) is 3.32. The van der Waals surface area contributed by atoms with Crippen LogP contribution in [0.1, 0.15) is 31.2 Å². The van der Waals surface area contributed by atoms with Gasteiger partial charge < -0.3 is 15.3 Å². The number of carbonyl (C=O) groups excluding carboxylic acids is 3. The van der Waals surface area contributed by atoms with Gasteiger partial charge in [0.1, 0.15) is 6.04 Å². The zero-order valence-corrected chi connectivity index (χ0v) is 14.6. The molecule has 7 heteroatoms. The molecule has 1 saturated carbocycles. The number of amides is 2. The van der Waals surface area contributed by atoms with Crippen LogP contribution < -0.4 is 5.32 Å². The molecule has 3 rings (SSSR count). The fraction of sp³-hybridized carbons (Fsp3) is 0.500. The van der Waals surface area contributed by atoms with Crippen LogP contribution in [0.2, 0.25) is 5.02 Å². The Morgan fingerprint density at radius 1 is 1.28 bits per heavy atom. The van der Waals surface area contributed by atoms with Crippen molar-refractivity contribution in [1.29, 1.82) is 0 Å². The van der Waals surface area contributed by atoms with E-state index in [1.54, 1.807) is 24.3 Å². The summed E-state index contributed by atoms with van der Waals surface area (Å²) in [6.45, 7) is 0.582. The summed E-state index contributed by atoms with van der Waals surface area (Å²) < 4.78 is 0. The molecule has 134 valence electrons. The highest BCUT2D eigenvalue weighted by Gasteiger charge is 2.43. The molecule has 2 N–H and O–H groups in total. The number of Topliss-reactive ketones (excluding diaryl/α,β-unsaturated/α-hetero) is 1. The monoisotopic (exact) mass is 364 g/mol. The zero-order chi connectivity index (χ0) is 18.0. The lowest BCUT2D eigenvalue weighted by Crippen LogP contribution is -2.46. The van der Waals surface area contributed by atoms with E-state index in [2.05, 4.69) is 5.32 Å². The fourth-order valence-electron chi connectivity index (χ4n) is 3.06. The highest BCUT2D eigenvalue weighted by molar-refractivity contribution is 6.38. The quantitative estimate of drug-likeness (QED) is 0.714. The Morgan fingerprint density at radius 2 is 1.96 bits per heavy atom. The summed E-state index contributed by atoms with van der Waals surface area (Å²) in [7, 11) is 0. The minimum Gasteiger partial charge on any atom is -0.396 e. The molecule has 2 fully saturated rings. The highest BCUT2D eigenvalue weighted by atomic mass is 35.5. The number of carbonyl (C=O) groups is 3. The van der Waals surface area contributed by atoms with Crippen LogP contribution in [0.5, 0.6) is 0 Å². The molecule has 1 aromatic rings. The Bertz CT molecular complexity index is 685. The topological polar surface area (TPSA) is 86.7 Å². The Morgan fingerprint density at radius 3 is 2.56 bits per heavy atom. The third kappa shape index (κ3) is 4.02. The summed E-state index contributed by atoms with van der Waals surface area (Å²) in [6, 6.07) is 6.32. The van der Waals surface area contributed by atoms with E-state index in [4.69, 9.17) is 11.6 Å². The molecule has 0 bridgehead atoms. The van der Waals surface area contributed by atoms with Gasteiger partial charge in [0, 0.05) is 29.9 Å². The van der Waals surface area contributed by atoms with Crippen LogP contribution in [0.15, 0.2) is 24.3 Å². The largest absolute Gasteiger partial charge is 0.396 e. The summed E-state index contributed by atoms with van der Waals surface area (Å²) in [6.07, 6.45) is 2.31. The second-order valence-electron chi connectivity index (χ2n) is 6.91. The summed E-state index contributed by atoms with van der Waals surface area (Å²) in [5, 5.41) is 12.5. The van der Waals surface area contributed by atoms with Crippen LogP contribution in [-0.2, 0) is 20.9 Å². The van der Waals surface area contributed by atoms with E-state index >= 15 is 0 Å². The van der Waals surface area contributed by atoms with E-state index in [1.807, 2.05) is 0 Å². The summed E-state index contributed by atoms with van der Waals surface area (Å²) in [5.41, 5.74) is 0.597. The van der Waals surface area contributed by atoms with Crippen LogP contribution in [0, 0.1) is 5.41 Å². The lowest BCUT2D eigenvalue weighted by Gasteiger charge is -2.24. The van der Waals surface area contributed by atoms with Crippen LogP contribution >= 0.6 is 11.6 Å². The second-order valence-corrected chi connectivity index (χ2v) is 7.34. The molecule has 1 heterocycles. The minimum absolute atomic E-state index is 0.00603. The first-order valence-electron chi connectivity index (χ1n) is 8.41. The normalized spacial score (nSPS) is 21.3. The Hall–Kier alpha value is -1.92. The van der Waals surface area contributed by atoms with Crippen molar-refractivity contribution >= 4 is 29.2 Å². The van der Waals surface area contributed by atoms with Crippen molar-refractivity contribution in [2.75, 3.05) is 13.2 Å². The zero-order valence-electron chi connectivity index (χ0n) is 13.8. The molecule has 2 aliphatic rings. The number of nitrogens with one attached hydrogen (secondary N) is 1. The van der Waals surface area contributed by atoms with E-state index in [1.165, 1.54) is 4.90 Å². The smallest absolute Gasteiger partial charge is 0.289 e. The third-order valence-electron chi connectivity index (χ3n) is 5.04. The molecule has 1 saturated heterocycles. The molecule has 0 radical (unpaired) electrons. The van der Waals surface area contributed by atoms with Gasteiger partial charge in [-0.05, 0) is 37.0 Å². The van der Waals surface area contributed by atoms with Crippen LogP contribution in [-0.4, -0.2) is 46.8 Å². The molecule has 1 aliphatic heterocycles. The first-order chi connectivity index (χ1) is 11.9. The number of rotatable bonds is 7. The molecule has 0 spiro atoms. The van der Waals surface area contributed by atoms with E-state index < -0.39 is 17.7 Å². The molecule has 0 aromatic heterocycles. The van der Waals surface area contributed by atoms with E-state index in [9.17, 15) is 19.5 Å². The molecule has 25 heavy (non-hydrogen) atoms. The van der Waals surface area contributed by atoms with Crippen molar-refractivity contribution < 1.29 is 19.5 Å². The molecule has 1 unspecified atom stereocenters. The minimum atomic E-state index is -0.729. The van der Waals surface area contributed by atoms with Gasteiger partial charge in [-0.25, -0.2) is 0 Å². The van der Waals surface area contributed by atoms with E-state index in [0.717, 1.165) is 18.4 Å². The second kappa shape index (κ2) is 7.14. The maximum Gasteiger partial charge on any atom is 0.289 e. The lowest BCUT2D eigenvalue weighted by atomic mass is 10.1. The standard InChI is InChI=1S/C18H21ClN2O4/c19-13-3-1-12(2-4-13)9-21-14(5-6-15(21)23)16(24)17(25)20-10-18(11-22)7-8-18/h1-4,14,22H,5-11H2,(H,20,25). The summed E-state index contributed by atoms with van der Waals surface area (Å²) >= 11 is 5.86. The molecule has 1 aromatic carbocycles. The maximum absolute atomic E-state index is 12.5. The third-order valence-corrected chi connectivity index (χ3v) is 5.29. The van der Waals surface area contributed by atoms with E-state index in [0.29, 0.717) is 18.0 Å². The Kier molecular flexibility index (Phi) is 5.11. The maximum atomic E-state index is 12.5. The van der Waals surface area contributed by atoms with Gasteiger partial charge in [0.25, 0.3) is 5.91 Å². The van der Waals surface area contributed by atoms with Gasteiger partial charge in [0.15, 0.2) is 0 Å². The number of likely N-dealkylation sites (tertiary alicyclic amines) is 1.